The minimum Gasteiger partial charge on any atom is -0.494 e. The quantitative estimate of drug-likeness (QED) is 0.458. The predicted octanol–water partition coefficient (Wildman–Crippen LogP) is 2.17. The number of hydrazine groups is 1. The second-order valence-corrected chi connectivity index (χ2v) is 5.81. The Kier molecular flexibility index (Phi) is 7.66. The number of nitro groups is 1. The molecule has 2 aromatic carbocycles. The molecular formula is C19H20N4O6. The maximum Gasteiger partial charge on any atom is 0.269 e. The van der Waals surface area contributed by atoms with Crippen molar-refractivity contribution in [1.29, 1.82) is 0 Å². The highest BCUT2D eigenvalue weighted by Crippen LogP contribution is 2.16. The third-order valence-electron chi connectivity index (χ3n) is 3.68. The van der Waals surface area contributed by atoms with Gasteiger partial charge in [0.25, 0.3) is 11.6 Å². The number of amides is 3. The molecule has 0 aliphatic rings. The van der Waals surface area contributed by atoms with Gasteiger partial charge in [0.15, 0.2) is 0 Å². The zero-order chi connectivity index (χ0) is 21.2. The maximum atomic E-state index is 11.9. The number of anilines is 1. The first-order valence-corrected chi connectivity index (χ1v) is 8.75. The molecule has 0 fully saturated rings. The number of ether oxygens (including phenoxy) is 1. The van der Waals surface area contributed by atoms with Crippen LogP contribution in [0.5, 0.6) is 5.75 Å². The van der Waals surface area contributed by atoms with Gasteiger partial charge in [-0.3, -0.25) is 35.3 Å². The summed E-state index contributed by atoms with van der Waals surface area (Å²) in [6, 6.07) is 11.7. The number of benzene rings is 2. The lowest BCUT2D eigenvalue weighted by atomic mass is 10.2. The SMILES string of the molecule is CCOc1ccc(NC(=O)CCC(=O)NNC(=O)c2ccc([N+](=O)[O-])cc2)cc1. The highest BCUT2D eigenvalue weighted by atomic mass is 16.6. The number of hydrogen-bond acceptors (Lipinski definition) is 6. The molecule has 0 aliphatic carbocycles. The van der Waals surface area contributed by atoms with Gasteiger partial charge >= 0.3 is 0 Å². The number of nitro benzene ring substituents is 1. The maximum absolute atomic E-state index is 11.9. The van der Waals surface area contributed by atoms with Crippen LogP contribution in [0.25, 0.3) is 0 Å². The average molecular weight is 400 g/mol. The van der Waals surface area contributed by atoms with Crippen molar-refractivity contribution in [3.8, 4) is 5.75 Å². The van der Waals surface area contributed by atoms with Crippen molar-refractivity contribution in [1.82, 2.24) is 10.9 Å². The third-order valence-corrected chi connectivity index (χ3v) is 3.68. The lowest BCUT2D eigenvalue weighted by molar-refractivity contribution is -0.384. The smallest absolute Gasteiger partial charge is 0.269 e. The standard InChI is InChI=1S/C19H20N4O6/c1-2-29-16-9-5-14(6-10-16)20-17(24)11-12-18(25)21-22-19(26)13-3-7-15(8-4-13)23(27)28/h3-10H,2,11-12H2,1H3,(H,20,24)(H,21,25)(H,22,26). The van der Waals surface area contributed by atoms with Crippen molar-refractivity contribution < 1.29 is 24.0 Å². The molecule has 0 saturated carbocycles. The van der Waals surface area contributed by atoms with Crippen molar-refractivity contribution in [2.45, 2.75) is 19.8 Å². The highest BCUT2D eigenvalue weighted by molar-refractivity contribution is 5.96. The molecule has 0 bridgehead atoms. The number of hydrogen-bond donors (Lipinski definition) is 3. The van der Waals surface area contributed by atoms with Crippen LogP contribution in [-0.2, 0) is 9.59 Å². The van der Waals surface area contributed by atoms with Crippen LogP contribution in [0.2, 0.25) is 0 Å². The van der Waals surface area contributed by atoms with Crippen LogP contribution in [0.3, 0.4) is 0 Å². The van der Waals surface area contributed by atoms with Gasteiger partial charge in [-0.25, -0.2) is 0 Å². The summed E-state index contributed by atoms with van der Waals surface area (Å²) in [4.78, 5) is 45.6. The summed E-state index contributed by atoms with van der Waals surface area (Å²) in [5, 5.41) is 13.2. The van der Waals surface area contributed by atoms with E-state index in [4.69, 9.17) is 4.74 Å². The number of nitrogens with one attached hydrogen (secondary N) is 3. The molecule has 0 aliphatic heterocycles. The van der Waals surface area contributed by atoms with Crippen LogP contribution in [0.15, 0.2) is 48.5 Å². The van der Waals surface area contributed by atoms with E-state index < -0.39 is 16.7 Å². The number of carbonyl (C=O) groups excluding carboxylic acids is 3. The summed E-state index contributed by atoms with van der Waals surface area (Å²) >= 11 is 0. The van der Waals surface area contributed by atoms with Gasteiger partial charge in [0, 0.05) is 36.2 Å². The summed E-state index contributed by atoms with van der Waals surface area (Å²) in [6.07, 6.45) is -0.212. The number of rotatable bonds is 8. The van der Waals surface area contributed by atoms with Crippen LogP contribution in [0.4, 0.5) is 11.4 Å². The minimum absolute atomic E-state index is 0.0769. The van der Waals surface area contributed by atoms with Crippen molar-refractivity contribution in [2.75, 3.05) is 11.9 Å². The first kappa shape index (κ1) is 21.4. The van der Waals surface area contributed by atoms with Gasteiger partial charge in [0.05, 0.1) is 11.5 Å². The van der Waals surface area contributed by atoms with Crippen LogP contribution in [-0.4, -0.2) is 29.3 Å². The third kappa shape index (κ3) is 6.94. The number of non-ortho nitro benzene ring substituents is 1. The molecule has 0 heterocycles. The fourth-order valence-corrected chi connectivity index (χ4v) is 2.25. The Morgan fingerprint density at radius 1 is 0.931 bits per heavy atom. The summed E-state index contributed by atoms with van der Waals surface area (Å²) < 4.78 is 5.31. The van der Waals surface area contributed by atoms with Crippen molar-refractivity contribution in [3.05, 3.63) is 64.2 Å². The molecule has 0 atom stereocenters. The topological polar surface area (TPSA) is 140 Å². The van der Waals surface area contributed by atoms with E-state index in [9.17, 15) is 24.5 Å². The second kappa shape index (κ2) is 10.4. The summed E-state index contributed by atoms with van der Waals surface area (Å²) in [5.41, 5.74) is 4.94. The first-order valence-electron chi connectivity index (χ1n) is 8.75. The molecule has 29 heavy (non-hydrogen) atoms. The molecule has 10 heteroatoms. The van der Waals surface area contributed by atoms with E-state index in [0.717, 1.165) is 0 Å². The predicted molar refractivity (Wildman–Crippen MR) is 104 cm³/mol. The summed E-state index contributed by atoms with van der Waals surface area (Å²) in [7, 11) is 0. The Bertz CT molecular complexity index is 881. The summed E-state index contributed by atoms with van der Waals surface area (Å²) in [5.74, 6) is -0.853. The molecule has 0 unspecified atom stereocenters. The number of carbonyl (C=O) groups is 3. The molecule has 3 amide bonds. The lowest BCUT2D eigenvalue weighted by Crippen LogP contribution is -2.41. The van der Waals surface area contributed by atoms with Gasteiger partial charge in [-0.2, -0.15) is 0 Å². The van der Waals surface area contributed by atoms with E-state index in [1.807, 2.05) is 6.92 Å². The largest absolute Gasteiger partial charge is 0.494 e. The Morgan fingerprint density at radius 2 is 1.55 bits per heavy atom. The average Bonchev–Trinajstić information content (AvgIpc) is 2.72. The molecule has 0 radical (unpaired) electrons. The van der Waals surface area contributed by atoms with E-state index in [1.54, 1.807) is 24.3 Å². The molecule has 3 N–H and O–H groups in total. The normalized spacial score (nSPS) is 9.97. The zero-order valence-electron chi connectivity index (χ0n) is 15.6. The fourth-order valence-electron chi connectivity index (χ4n) is 2.25. The lowest BCUT2D eigenvalue weighted by Gasteiger charge is -2.08. The first-order chi connectivity index (χ1) is 13.9. The van der Waals surface area contributed by atoms with Crippen molar-refractivity contribution >= 4 is 29.1 Å². The van der Waals surface area contributed by atoms with E-state index in [2.05, 4.69) is 16.2 Å². The van der Waals surface area contributed by atoms with Crippen molar-refractivity contribution in [2.24, 2.45) is 0 Å². The van der Waals surface area contributed by atoms with Crippen LogP contribution >= 0.6 is 0 Å². The van der Waals surface area contributed by atoms with Gasteiger partial charge in [0.1, 0.15) is 5.75 Å². The fraction of sp³-hybridized carbons (Fsp3) is 0.211. The minimum atomic E-state index is -0.632. The Morgan fingerprint density at radius 3 is 2.14 bits per heavy atom. The molecule has 10 nitrogen and oxygen atoms in total. The molecule has 0 aromatic heterocycles. The van der Waals surface area contributed by atoms with E-state index in [1.165, 1.54) is 24.3 Å². The van der Waals surface area contributed by atoms with Crippen LogP contribution < -0.4 is 20.9 Å². The molecule has 152 valence electrons. The van der Waals surface area contributed by atoms with Gasteiger partial charge in [-0.05, 0) is 43.3 Å². The van der Waals surface area contributed by atoms with Gasteiger partial charge in [-0.1, -0.05) is 0 Å². The molecule has 2 aromatic rings. The van der Waals surface area contributed by atoms with E-state index in [-0.39, 0.29) is 30.0 Å². The molecule has 2 rings (SSSR count). The number of nitrogens with zero attached hydrogens (tertiary/aromatic N) is 1. The van der Waals surface area contributed by atoms with Gasteiger partial charge < -0.3 is 10.1 Å². The second-order valence-electron chi connectivity index (χ2n) is 5.81. The molecule has 0 spiro atoms. The Balaban J connectivity index is 1.72. The Labute approximate surface area is 166 Å². The van der Waals surface area contributed by atoms with Gasteiger partial charge in [-0.15, -0.1) is 0 Å². The molecular weight excluding hydrogens is 380 g/mol. The van der Waals surface area contributed by atoms with Crippen molar-refractivity contribution in [3.63, 3.8) is 0 Å². The zero-order valence-corrected chi connectivity index (χ0v) is 15.6. The van der Waals surface area contributed by atoms with Crippen LogP contribution in [0, 0.1) is 10.1 Å². The monoisotopic (exact) mass is 400 g/mol. The Hall–Kier alpha value is -3.95. The van der Waals surface area contributed by atoms with E-state index in [0.29, 0.717) is 18.0 Å². The summed E-state index contributed by atoms with van der Waals surface area (Å²) in [6.45, 7) is 2.41. The van der Waals surface area contributed by atoms with E-state index >= 15 is 0 Å². The highest BCUT2D eigenvalue weighted by Gasteiger charge is 2.11. The molecule has 0 saturated heterocycles. The van der Waals surface area contributed by atoms with Gasteiger partial charge in [0.2, 0.25) is 11.8 Å². The van der Waals surface area contributed by atoms with Crippen LogP contribution in [0.1, 0.15) is 30.1 Å².